The quantitative estimate of drug-likeness (QED) is 0.625. The van der Waals surface area contributed by atoms with Gasteiger partial charge in [0.15, 0.2) is 5.78 Å². The van der Waals surface area contributed by atoms with E-state index < -0.39 is 11.2 Å². The maximum Gasteiger partial charge on any atom is 0.317 e. The summed E-state index contributed by atoms with van der Waals surface area (Å²) >= 11 is 7.11. The minimum atomic E-state index is -0.969. The van der Waals surface area contributed by atoms with Crippen LogP contribution in [0, 0.1) is 0 Å². The highest BCUT2D eigenvalue weighted by Crippen LogP contribution is 2.25. The van der Waals surface area contributed by atoms with Crippen molar-refractivity contribution in [2.75, 3.05) is 0 Å². The van der Waals surface area contributed by atoms with E-state index >= 15 is 0 Å². The fourth-order valence-electron chi connectivity index (χ4n) is 2.44. The van der Waals surface area contributed by atoms with Crippen LogP contribution in [0.5, 0.6) is 0 Å². The van der Waals surface area contributed by atoms with Crippen molar-refractivity contribution in [3.8, 4) is 0 Å². The van der Waals surface area contributed by atoms with Gasteiger partial charge in [-0.25, -0.2) is 0 Å². The number of carbonyl (C=O) groups excluding carboxylic acids is 1. The van der Waals surface area contributed by atoms with E-state index in [0.29, 0.717) is 16.3 Å². The van der Waals surface area contributed by atoms with Crippen molar-refractivity contribution in [1.82, 2.24) is 0 Å². The van der Waals surface area contributed by atoms with Crippen molar-refractivity contribution in [3.05, 3.63) is 70.2 Å². The number of carbonyl (C=O) groups is 2. The third kappa shape index (κ3) is 5.89. The van der Waals surface area contributed by atoms with Gasteiger partial charge in [-0.05, 0) is 28.7 Å². The van der Waals surface area contributed by atoms with Gasteiger partial charge in [-0.15, -0.1) is 11.8 Å². The van der Waals surface area contributed by atoms with Gasteiger partial charge in [0.1, 0.15) is 5.25 Å². The molecule has 0 radical (unpaired) electrons. The normalized spacial score (nSPS) is 12.6. The number of halogens is 1. The van der Waals surface area contributed by atoms with Gasteiger partial charge in [-0.1, -0.05) is 68.8 Å². The first-order chi connectivity index (χ1) is 12.2. The number of thioether (sulfide) groups is 1. The average molecular weight is 391 g/mol. The van der Waals surface area contributed by atoms with Gasteiger partial charge in [0, 0.05) is 22.8 Å². The van der Waals surface area contributed by atoms with E-state index in [1.807, 2.05) is 24.3 Å². The number of benzene rings is 2. The van der Waals surface area contributed by atoms with Crippen LogP contribution in [0.2, 0.25) is 5.02 Å². The highest BCUT2D eigenvalue weighted by Gasteiger charge is 2.23. The molecular weight excluding hydrogens is 368 g/mol. The van der Waals surface area contributed by atoms with Crippen LogP contribution in [-0.2, 0) is 16.0 Å². The zero-order valence-electron chi connectivity index (χ0n) is 15.2. The highest BCUT2D eigenvalue weighted by molar-refractivity contribution is 7.99. The summed E-state index contributed by atoms with van der Waals surface area (Å²) in [7, 11) is 0. The third-order valence-corrected chi connectivity index (χ3v) is 5.61. The standard InChI is InChI=1S/C21H23ClO3S/c1-21(2,3)16-8-6-15(7-9-16)18(23)12-19(20(24)25)26-13-14-4-10-17(22)11-5-14/h4-11,19H,12-13H2,1-3H3,(H,24,25). The molecule has 0 amide bonds. The maximum absolute atomic E-state index is 12.5. The minimum Gasteiger partial charge on any atom is -0.480 e. The van der Waals surface area contributed by atoms with Crippen molar-refractivity contribution < 1.29 is 14.7 Å². The molecule has 138 valence electrons. The van der Waals surface area contributed by atoms with Crippen molar-refractivity contribution >= 4 is 35.1 Å². The number of carboxylic acid groups (broad SMARTS) is 1. The van der Waals surface area contributed by atoms with E-state index in [2.05, 4.69) is 20.8 Å². The molecule has 0 bridgehead atoms. The third-order valence-electron chi connectivity index (χ3n) is 4.08. The number of aliphatic carboxylic acids is 1. The molecular formula is C21H23ClO3S. The Kier molecular flexibility index (Phi) is 6.90. The van der Waals surface area contributed by atoms with Crippen molar-refractivity contribution in [2.24, 2.45) is 0 Å². The van der Waals surface area contributed by atoms with Gasteiger partial charge >= 0.3 is 5.97 Å². The Bertz CT molecular complexity index is 761. The van der Waals surface area contributed by atoms with Crippen molar-refractivity contribution in [3.63, 3.8) is 0 Å². The fraction of sp³-hybridized carbons (Fsp3) is 0.333. The van der Waals surface area contributed by atoms with Gasteiger partial charge in [0.05, 0.1) is 0 Å². The first-order valence-electron chi connectivity index (χ1n) is 8.39. The Morgan fingerprint density at radius 2 is 1.62 bits per heavy atom. The van der Waals surface area contributed by atoms with Gasteiger partial charge in [0.2, 0.25) is 0 Å². The monoisotopic (exact) mass is 390 g/mol. The number of rotatable bonds is 7. The largest absolute Gasteiger partial charge is 0.480 e. The molecule has 0 aliphatic carbocycles. The van der Waals surface area contributed by atoms with E-state index in [9.17, 15) is 14.7 Å². The predicted molar refractivity (Wildman–Crippen MR) is 108 cm³/mol. The summed E-state index contributed by atoms with van der Waals surface area (Å²) in [4.78, 5) is 24.0. The lowest BCUT2D eigenvalue weighted by Gasteiger charge is -2.19. The van der Waals surface area contributed by atoms with Crippen LogP contribution in [0.25, 0.3) is 0 Å². The Morgan fingerprint density at radius 3 is 2.12 bits per heavy atom. The summed E-state index contributed by atoms with van der Waals surface area (Å²) in [6.07, 6.45) is -0.0253. The molecule has 3 nitrogen and oxygen atoms in total. The lowest BCUT2D eigenvalue weighted by molar-refractivity contribution is -0.136. The Labute approximate surface area is 163 Å². The summed E-state index contributed by atoms with van der Waals surface area (Å²) < 4.78 is 0. The summed E-state index contributed by atoms with van der Waals surface area (Å²) in [5, 5.41) is 9.31. The van der Waals surface area contributed by atoms with Crippen LogP contribution in [-0.4, -0.2) is 22.1 Å². The zero-order valence-corrected chi connectivity index (χ0v) is 16.7. The summed E-state index contributed by atoms with van der Waals surface area (Å²) in [6.45, 7) is 6.33. The molecule has 1 unspecified atom stereocenters. The molecule has 1 N–H and O–H groups in total. The lowest BCUT2D eigenvalue weighted by Crippen LogP contribution is -2.21. The minimum absolute atomic E-state index is 0.0135. The molecule has 5 heteroatoms. The second-order valence-corrected chi connectivity index (χ2v) is 8.85. The van der Waals surface area contributed by atoms with Crippen LogP contribution >= 0.6 is 23.4 Å². The van der Waals surface area contributed by atoms with Crippen LogP contribution in [0.3, 0.4) is 0 Å². The number of hydrogen-bond donors (Lipinski definition) is 1. The van der Waals surface area contributed by atoms with Crippen LogP contribution < -0.4 is 0 Å². The molecule has 2 rings (SSSR count). The molecule has 0 aromatic heterocycles. The van der Waals surface area contributed by atoms with Crippen LogP contribution in [0.15, 0.2) is 48.5 Å². The SMILES string of the molecule is CC(C)(C)c1ccc(C(=O)CC(SCc2ccc(Cl)cc2)C(=O)O)cc1. The fourth-order valence-corrected chi connectivity index (χ4v) is 3.56. The molecule has 0 heterocycles. The van der Waals surface area contributed by atoms with E-state index in [1.165, 1.54) is 11.8 Å². The van der Waals surface area contributed by atoms with Gasteiger partial charge in [0.25, 0.3) is 0 Å². The van der Waals surface area contributed by atoms with Crippen molar-refractivity contribution in [2.45, 2.75) is 43.6 Å². The van der Waals surface area contributed by atoms with E-state index in [4.69, 9.17) is 11.6 Å². The topological polar surface area (TPSA) is 54.4 Å². The van der Waals surface area contributed by atoms with Crippen LogP contribution in [0.4, 0.5) is 0 Å². The molecule has 0 aliphatic heterocycles. The van der Waals surface area contributed by atoms with Gasteiger partial charge in [-0.2, -0.15) is 0 Å². The number of ketones is 1. The summed E-state index contributed by atoms with van der Waals surface area (Å²) in [6, 6.07) is 14.7. The highest BCUT2D eigenvalue weighted by atomic mass is 35.5. The summed E-state index contributed by atoms with van der Waals surface area (Å²) in [5.41, 5.74) is 2.68. The molecule has 26 heavy (non-hydrogen) atoms. The Balaban J connectivity index is 2.01. The number of hydrogen-bond acceptors (Lipinski definition) is 3. The Hall–Kier alpha value is -1.78. The lowest BCUT2D eigenvalue weighted by atomic mass is 9.86. The molecule has 1 atom stereocenters. The molecule has 0 fully saturated rings. The molecule has 0 aliphatic rings. The van der Waals surface area contributed by atoms with Crippen LogP contribution in [0.1, 0.15) is 48.7 Å². The molecule has 2 aromatic rings. The number of carboxylic acids is 1. The second-order valence-electron chi connectivity index (χ2n) is 7.22. The first-order valence-corrected chi connectivity index (χ1v) is 9.82. The molecule has 0 spiro atoms. The van der Waals surface area contributed by atoms with Crippen molar-refractivity contribution in [1.29, 1.82) is 0 Å². The smallest absolute Gasteiger partial charge is 0.317 e. The Morgan fingerprint density at radius 1 is 1.04 bits per heavy atom. The maximum atomic E-state index is 12.5. The second kappa shape index (κ2) is 8.74. The average Bonchev–Trinajstić information content (AvgIpc) is 2.59. The zero-order chi connectivity index (χ0) is 19.3. The first kappa shape index (κ1) is 20.5. The van der Waals surface area contributed by atoms with Gasteiger partial charge in [-0.3, -0.25) is 9.59 Å². The van der Waals surface area contributed by atoms with E-state index in [1.54, 1.807) is 24.3 Å². The number of Topliss-reactive ketones (excluding diaryl/α,β-unsaturated/α-hetero) is 1. The molecule has 0 saturated heterocycles. The van der Waals surface area contributed by atoms with Gasteiger partial charge < -0.3 is 5.11 Å². The van der Waals surface area contributed by atoms with E-state index in [-0.39, 0.29) is 17.6 Å². The van der Waals surface area contributed by atoms with E-state index in [0.717, 1.165) is 11.1 Å². The molecule has 0 saturated carbocycles. The summed E-state index contributed by atoms with van der Waals surface area (Å²) in [5.74, 6) is -0.602. The molecule has 2 aromatic carbocycles. The predicted octanol–water partition coefficient (Wildman–Crippen LogP) is 5.60.